The Balaban J connectivity index is 0.000000720. The molecule has 6 heteroatoms. The number of hydrogen-bond acceptors (Lipinski definition) is 3. The minimum absolute atomic E-state index is 0. The van der Waals surface area contributed by atoms with Gasteiger partial charge >= 0.3 is 0 Å². The molecule has 76 valence electrons. The van der Waals surface area contributed by atoms with Crippen molar-refractivity contribution >= 4 is 24.8 Å². The first-order chi connectivity index (χ1) is 5.40. The van der Waals surface area contributed by atoms with Crippen molar-refractivity contribution < 1.29 is 0 Å². The van der Waals surface area contributed by atoms with Crippen molar-refractivity contribution in [1.29, 1.82) is 0 Å². The topological polar surface area (TPSA) is 53.6 Å². The minimum atomic E-state index is 0. The van der Waals surface area contributed by atoms with Gasteiger partial charge < -0.3 is 5.32 Å². The molecule has 0 saturated heterocycles. The van der Waals surface area contributed by atoms with Crippen molar-refractivity contribution in [2.75, 3.05) is 7.05 Å². The second-order valence-electron chi connectivity index (χ2n) is 2.94. The second kappa shape index (κ2) is 5.42. The first-order valence-electron chi connectivity index (χ1n) is 3.96. The summed E-state index contributed by atoms with van der Waals surface area (Å²) in [6.07, 6.45) is 2.52. The Bertz CT molecular complexity index is 246. The van der Waals surface area contributed by atoms with Crippen LogP contribution in [0.25, 0.3) is 0 Å². The highest BCUT2D eigenvalue weighted by atomic mass is 35.5. The van der Waals surface area contributed by atoms with Gasteiger partial charge in [-0.3, -0.25) is 5.10 Å². The first-order valence-corrected chi connectivity index (χ1v) is 3.96. The molecule has 1 aliphatic carbocycles. The highest BCUT2D eigenvalue weighted by Gasteiger charge is 2.27. The van der Waals surface area contributed by atoms with Crippen LogP contribution in [0, 0.1) is 0 Å². The third kappa shape index (κ3) is 3.14. The molecule has 1 heterocycles. The van der Waals surface area contributed by atoms with Crippen molar-refractivity contribution in [3.05, 3.63) is 11.6 Å². The molecule has 1 saturated carbocycles. The first kappa shape index (κ1) is 12.7. The fraction of sp³-hybridized carbons (Fsp3) is 0.714. The van der Waals surface area contributed by atoms with Gasteiger partial charge in [0.05, 0.1) is 6.54 Å². The molecule has 4 nitrogen and oxygen atoms in total. The van der Waals surface area contributed by atoms with Crippen LogP contribution in [-0.4, -0.2) is 22.2 Å². The lowest BCUT2D eigenvalue weighted by molar-refractivity contribution is 0.762. The van der Waals surface area contributed by atoms with E-state index in [1.165, 1.54) is 12.8 Å². The monoisotopic (exact) mass is 224 g/mol. The summed E-state index contributed by atoms with van der Waals surface area (Å²) in [5, 5.41) is 10.0. The molecule has 0 bridgehead atoms. The summed E-state index contributed by atoms with van der Waals surface area (Å²) in [5.74, 6) is 2.58. The smallest absolute Gasteiger partial charge is 0.153 e. The van der Waals surface area contributed by atoms with Gasteiger partial charge in [0, 0.05) is 5.92 Å². The molecule has 0 radical (unpaired) electrons. The number of halogens is 2. The van der Waals surface area contributed by atoms with Crippen LogP contribution in [0.3, 0.4) is 0 Å². The van der Waals surface area contributed by atoms with Crippen LogP contribution in [0.2, 0.25) is 0 Å². The fourth-order valence-corrected chi connectivity index (χ4v) is 1.08. The quantitative estimate of drug-likeness (QED) is 0.813. The Kier molecular flexibility index (Phi) is 5.29. The summed E-state index contributed by atoms with van der Waals surface area (Å²) in [6.45, 7) is 0.778. The van der Waals surface area contributed by atoms with E-state index in [1.807, 2.05) is 7.05 Å². The van der Waals surface area contributed by atoms with E-state index in [0.717, 1.165) is 18.2 Å². The van der Waals surface area contributed by atoms with Crippen molar-refractivity contribution in [2.24, 2.45) is 0 Å². The Hall–Kier alpha value is -0.320. The van der Waals surface area contributed by atoms with Crippen LogP contribution < -0.4 is 5.32 Å². The predicted molar refractivity (Wildman–Crippen MR) is 55.6 cm³/mol. The van der Waals surface area contributed by atoms with E-state index in [-0.39, 0.29) is 24.8 Å². The van der Waals surface area contributed by atoms with Gasteiger partial charge in [0.1, 0.15) is 5.82 Å². The molecule has 1 aromatic heterocycles. The Labute approximate surface area is 89.7 Å². The van der Waals surface area contributed by atoms with Gasteiger partial charge in [0.25, 0.3) is 0 Å². The standard InChI is InChI=1S/C7H12N4.2ClH/c1-8-4-6-9-7(11-10-6)5-2-3-5;;/h5,8H,2-4H2,1H3,(H,9,10,11);2*1H. The van der Waals surface area contributed by atoms with Gasteiger partial charge in [-0.1, -0.05) is 0 Å². The van der Waals surface area contributed by atoms with Gasteiger partial charge in [0.2, 0.25) is 0 Å². The molecular weight excluding hydrogens is 211 g/mol. The van der Waals surface area contributed by atoms with E-state index < -0.39 is 0 Å². The van der Waals surface area contributed by atoms with Crippen molar-refractivity contribution in [2.45, 2.75) is 25.3 Å². The fourth-order valence-electron chi connectivity index (χ4n) is 1.08. The summed E-state index contributed by atoms with van der Waals surface area (Å²) in [4.78, 5) is 4.33. The van der Waals surface area contributed by atoms with Gasteiger partial charge in [-0.05, 0) is 19.9 Å². The van der Waals surface area contributed by atoms with E-state index in [4.69, 9.17) is 0 Å². The number of aromatic nitrogens is 3. The van der Waals surface area contributed by atoms with Crippen LogP contribution in [0.15, 0.2) is 0 Å². The van der Waals surface area contributed by atoms with E-state index in [1.54, 1.807) is 0 Å². The van der Waals surface area contributed by atoms with E-state index in [9.17, 15) is 0 Å². The maximum Gasteiger partial charge on any atom is 0.153 e. The van der Waals surface area contributed by atoms with E-state index in [2.05, 4.69) is 20.5 Å². The average molecular weight is 225 g/mol. The number of H-pyrrole nitrogens is 1. The molecule has 1 aromatic rings. The largest absolute Gasteiger partial charge is 0.313 e. The normalized spacial score (nSPS) is 14.5. The second-order valence-corrected chi connectivity index (χ2v) is 2.94. The molecule has 0 spiro atoms. The van der Waals surface area contributed by atoms with Crippen molar-refractivity contribution in [3.63, 3.8) is 0 Å². The van der Waals surface area contributed by atoms with Crippen LogP contribution in [0.1, 0.15) is 30.4 Å². The molecule has 1 fully saturated rings. The number of hydrogen-bond donors (Lipinski definition) is 2. The number of nitrogens with one attached hydrogen (secondary N) is 2. The summed E-state index contributed by atoms with van der Waals surface area (Å²) in [7, 11) is 1.90. The number of nitrogens with zero attached hydrogens (tertiary/aromatic N) is 2. The Morgan fingerprint density at radius 3 is 2.69 bits per heavy atom. The van der Waals surface area contributed by atoms with Crippen LogP contribution in [0.5, 0.6) is 0 Å². The molecule has 0 amide bonds. The summed E-state index contributed by atoms with van der Waals surface area (Å²) >= 11 is 0. The highest BCUT2D eigenvalue weighted by molar-refractivity contribution is 5.85. The SMILES string of the molecule is CNCc1nc(C2CC2)n[nH]1.Cl.Cl. The molecule has 0 atom stereocenters. The van der Waals surface area contributed by atoms with Crippen molar-refractivity contribution in [1.82, 2.24) is 20.5 Å². The lowest BCUT2D eigenvalue weighted by Gasteiger charge is -1.89. The van der Waals surface area contributed by atoms with Gasteiger partial charge in [-0.15, -0.1) is 24.8 Å². The average Bonchev–Trinajstić information content (AvgIpc) is 2.75. The van der Waals surface area contributed by atoms with Crippen molar-refractivity contribution in [3.8, 4) is 0 Å². The van der Waals surface area contributed by atoms with Crippen LogP contribution in [0.4, 0.5) is 0 Å². The maximum atomic E-state index is 4.33. The zero-order chi connectivity index (χ0) is 7.68. The zero-order valence-electron chi connectivity index (χ0n) is 7.41. The number of rotatable bonds is 3. The molecule has 1 aliphatic rings. The van der Waals surface area contributed by atoms with Gasteiger partial charge in [-0.25, -0.2) is 4.98 Å². The predicted octanol–water partition coefficient (Wildman–Crippen LogP) is 1.25. The third-order valence-electron chi connectivity index (χ3n) is 1.84. The molecule has 13 heavy (non-hydrogen) atoms. The molecule has 0 unspecified atom stereocenters. The lowest BCUT2D eigenvalue weighted by atomic mass is 10.4. The summed E-state index contributed by atoms with van der Waals surface area (Å²) < 4.78 is 0. The molecule has 2 N–H and O–H groups in total. The Morgan fingerprint density at radius 1 is 1.46 bits per heavy atom. The van der Waals surface area contributed by atoms with E-state index >= 15 is 0 Å². The number of aromatic amines is 1. The minimum Gasteiger partial charge on any atom is -0.313 e. The lowest BCUT2D eigenvalue weighted by Crippen LogP contribution is -2.06. The highest BCUT2D eigenvalue weighted by Crippen LogP contribution is 2.37. The van der Waals surface area contributed by atoms with Gasteiger partial charge in [-0.2, -0.15) is 5.10 Å². The molecular formula is C7H14Cl2N4. The Morgan fingerprint density at radius 2 is 2.15 bits per heavy atom. The molecule has 0 aromatic carbocycles. The van der Waals surface area contributed by atoms with Gasteiger partial charge in [0.15, 0.2) is 5.82 Å². The maximum absolute atomic E-state index is 4.33. The van der Waals surface area contributed by atoms with Crippen LogP contribution >= 0.6 is 24.8 Å². The van der Waals surface area contributed by atoms with Crippen LogP contribution in [-0.2, 0) is 6.54 Å². The summed E-state index contributed by atoms with van der Waals surface area (Å²) in [6, 6.07) is 0. The third-order valence-corrected chi connectivity index (χ3v) is 1.84. The molecule has 0 aliphatic heterocycles. The summed E-state index contributed by atoms with van der Waals surface area (Å²) in [5.41, 5.74) is 0. The zero-order valence-corrected chi connectivity index (χ0v) is 9.04. The molecule has 2 rings (SSSR count). The van der Waals surface area contributed by atoms with E-state index in [0.29, 0.717) is 5.92 Å².